The zero-order valence-electron chi connectivity index (χ0n) is 17.3. The fourth-order valence-corrected chi connectivity index (χ4v) is 3.44. The van der Waals surface area contributed by atoms with Crippen molar-refractivity contribution in [2.75, 3.05) is 5.32 Å². The van der Waals surface area contributed by atoms with Crippen LogP contribution >= 0.6 is 0 Å². The van der Waals surface area contributed by atoms with Crippen LogP contribution in [-0.4, -0.2) is 15.7 Å². The number of nitrogens with two attached hydrogens (primary N) is 1. The van der Waals surface area contributed by atoms with Crippen molar-refractivity contribution in [1.29, 1.82) is 5.26 Å². The van der Waals surface area contributed by atoms with Crippen LogP contribution in [0.25, 0.3) is 5.69 Å². The summed E-state index contributed by atoms with van der Waals surface area (Å²) in [5.41, 5.74) is 9.72. The number of carbonyl (C=O) groups excluding carboxylic acids is 1. The molecule has 3 N–H and O–H groups in total. The molecular weight excluding hydrogens is 405 g/mol. The minimum absolute atomic E-state index is 0.0232. The molecule has 0 aliphatic heterocycles. The van der Waals surface area contributed by atoms with Crippen LogP contribution in [0.3, 0.4) is 0 Å². The highest BCUT2D eigenvalue weighted by Gasteiger charge is 2.19. The average molecular weight is 425 g/mol. The number of hydrogen-bond acceptors (Lipinski definition) is 4. The van der Waals surface area contributed by atoms with Gasteiger partial charge in [-0.05, 0) is 54.4 Å². The van der Waals surface area contributed by atoms with E-state index in [-0.39, 0.29) is 11.4 Å². The SMILES string of the molecule is Cc1cc(C(=O)Nc2cc(C(N)c3ccccc3)ccc2F)n(-c2cccc(C#N)c2)n1. The Morgan fingerprint density at radius 1 is 1.06 bits per heavy atom. The Balaban J connectivity index is 1.65. The summed E-state index contributed by atoms with van der Waals surface area (Å²) in [5, 5.41) is 16.1. The van der Waals surface area contributed by atoms with E-state index < -0.39 is 17.8 Å². The molecule has 3 aromatic carbocycles. The van der Waals surface area contributed by atoms with Crippen molar-refractivity contribution in [2.24, 2.45) is 5.73 Å². The average Bonchev–Trinajstić information content (AvgIpc) is 3.22. The third-order valence-corrected chi connectivity index (χ3v) is 5.04. The fraction of sp³-hybridized carbons (Fsp3) is 0.0800. The zero-order chi connectivity index (χ0) is 22.7. The number of nitriles is 1. The quantitative estimate of drug-likeness (QED) is 0.492. The van der Waals surface area contributed by atoms with Crippen molar-refractivity contribution in [3.63, 3.8) is 0 Å². The Hall–Kier alpha value is -4.28. The maximum atomic E-state index is 14.5. The molecule has 1 aromatic heterocycles. The number of anilines is 1. The van der Waals surface area contributed by atoms with Crippen LogP contribution in [0.2, 0.25) is 0 Å². The molecule has 1 heterocycles. The molecule has 6 nitrogen and oxygen atoms in total. The van der Waals surface area contributed by atoms with Gasteiger partial charge in [0.05, 0.1) is 34.7 Å². The van der Waals surface area contributed by atoms with E-state index in [1.165, 1.54) is 16.8 Å². The molecule has 7 heteroatoms. The van der Waals surface area contributed by atoms with Gasteiger partial charge in [-0.15, -0.1) is 0 Å². The van der Waals surface area contributed by atoms with Gasteiger partial charge in [-0.3, -0.25) is 4.79 Å². The molecule has 4 rings (SSSR count). The van der Waals surface area contributed by atoms with Crippen LogP contribution in [0.1, 0.15) is 38.9 Å². The van der Waals surface area contributed by atoms with Crippen molar-refractivity contribution < 1.29 is 9.18 Å². The smallest absolute Gasteiger partial charge is 0.274 e. The number of hydrogen-bond donors (Lipinski definition) is 2. The summed E-state index contributed by atoms with van der Waals surface area (Å²) in [6.45, 7) is 1.75. The maximum absolute atomic E-state index is 14.5. The largest absolute Gasteiger partial charge is 0.320 e. The van der Waals surface area contributed by atoms with E-state index in [2.05, 4.69) is 16.5 Å². The number of nitrogens with one attached hydrogen (secondary N) is 1. The number of nitrogens with zero attached hydrogens (tertiary/aromatic N) is 3. The lowest BCUT2D eigenvalue weighted by Gasteiger charge is -2.15. The normalized spacial score (nSPS) is 11.6. The van der Waals surface area contributed by atoms with Crippen molar-refractivity contribution in [2.45, 2.75) is 13.0 Å². The number of aromatic nitrogens is 2. The van der Waals surface area contributed by atoms with Gasteiger partial charge in [0.2, 0.25) is 0 Å². The summed E-state index contributed by atoms with van der Waals surface area (Å²) in [6.07, 6.45) is 0. The molecule has 0 spiro atoms. The first-order valence-electron chi connectivity index (χ1n) is 9.95. The van der Waals surface area contributed by atoms with Crippen LogP contribution in [0.4, 0.5) is 10.1 Å². The molecule has 0 aliphatic rings. The first kappa shape index (κ1) is 21.0. The predicted octanol–water partition coefficient (Wildman–Crippen LogP) is 4.49. The van der Waals surface area contributed by atoms with Crippen LogP contribution in [0, 0.1) is 24.1 Å². The number of carbonyl (C=O) groups is 1. The number of aryl methyl sites for hydroxylation is 1. The molecule has 0 saturated carbocycles. The van der Waals surface area contributed by atoms with Gasteiger partial charge in [-0.1, -0.05) is 42.5 Å². The zero-order valence-corrected chi connectivity index (χ0v) is 17.3. The molecular formula is C25H20FN5O. The van der Waals surface area contributed by atoms with Gasteiger partial charge >= 0.3 is 0 Å². The topological polar surface area (TPSA) is 96.7 Å². The third kappa shape index (κ3) is 4.26. The van der Waals surface area contributed by atoms with E-state index in [0.29, 0.717) is 22.5 Å². The maximum Gasteiger partial charge on any atom is 0.274 e. The summed E-state index contributed by atoms with van der Waals surface area (Å²) in [7, 11) is 0. The summed E-state index contributed by atoms with van der Waals surface area (Å²) < 4.78 is 16.0. The Bertz CT molecular complexity index is 1320. The van der Waals surface area contributed by atoms with Crippen LogP contribution in [-0.2, 0) is 0 Å². The Kier molecular flexibility index (Phi) is 5.79. The molecule has 1 unspecified atom stereocenters. The van der Waals surface area contributed by atoms with E-state index in [9.17, 15) is 9.18 Å². The number of benzene rings is 3. The van der Waals surface area contributed by atoms with Crippen molar-refractivity contribution >= 4 is 11.6 Å². The van der Waals surface area contributed by atoms with Crippen molar-refractivity contribution in [3.8, 4) is 11.8 Å². The second kappa shape index (κ2) is 8.84. The number of halogens is 1. The second-order valence-corrected chi connectivity index (χ2v) is 7.33. The Morgan fingerprint density at radius 2 is 1.84 bits per heavy atom. The molecule has 0 bridgehead atoms. The molecule has 32 heavy (non-hydrogen) atoms. The second-order valence-electron chi connectivity index (χ2n) is 7.33. The molecule has 0 fully saturated rings. The van der Waals surface area contributed by atoms with Gasteiger partial charge < -0.3 is 11.1 Å². The standard InChI is InChI=1S/C25H20FN5O/c1-16-12-23(31(30-16)20-9-5-6-17(13-20)15-27)25(32)29-22-14-19(10-11-21(22)26)24(28)18-7-3-2-4-8-18/h2-14,24H,28H2,1H3,(H,29,32). The highest BCUT2D eigenvalue weighted by Crippen LogP contribution is 2.25. The first-order valence-corrected chi connectivity index (χ1v) is 9.95. The molecule has 1 amide bonds. The number of amides is 1. The molecule has 0 aliphatic carbocycles. The lowest BCUT2D eigenvalue weighted by Crippen LogP contribution is -2.18. The highest BCUT2D eigenvalue weighted by molar-refractivity contribution is 6.03. The lowest BCUT2D eigenvalue weighted by atomic mass is 9.99. The molecule has 1 atom stereocenters. The van der Waals surface area contributed by atoms with Crippen molar-refractivity contribution in [3.05, 3.63) is 113 Å². The van der Waals surface area contributed by atoms with Crippen molar-refractivity contribution in [1.82, 2.24) is 9.78 Å². The Labute approximate surface area is 184 Å². The minimum atomic E-state index is -0.573. The van der Waals surface area contributed by atoms with Gasteiger partial charge in [0.15, 0.2) is 0 Å². The molecule has 4 aromatic rings. The van der Waals surface area contributed by atoms with E-state index in [1.54, 1.807) is 43.3 Å². The van der Waals surface area contributed by atoms with Crippen LogP contribution < -0.4 is 11.1 Å². The van der Waals surface area contributed by atoms with Gasteiger partial charge in [-0.2, -0.15) is 10.4 Å². The fourth-order valence-electron chi connectivity index (χ4n) is 3.44. The molecule has 0 radical (unpaired) electrons. The lowest BCUT2D eigenvalue weighted by molar-refractivity contribution is 0.101. The Morgan fingerprint density at radius 3 is 2.59 bits per heavy atom. The summed E-state index contributed by atoms with van der Waals surface area (Å²) in [5.74, 6) is -1.10. The van der Waals surface area contributed by atoms with Gasteiger partial charge in [0.1, 0.15) is 11.5 Å². The molecule has 0 saturated heterocycles. The molecule has 158 valence electrons. The minimum Gasteiger partial charge on any atom is -0.320 e. The van der Waals surface area contributed by atoms with E-state index in [4.69, 9.17) is 11.0 Å². The monoisotopic (exact) mass is 425 g/mol. The summed E-state index contributed by atoms with van der Waals surface area (Å²) in [6, 6.07) is 23.8. The summed E-state index contributed by atoms with van der Waals surface area (Å²) in [4.78, 5) is 13.0. The first-order chi connectivity index (χ1) is 15.5. The summed E-state index contributed by atoms with van der Waals surface area (Å²) >= 11 is 0. The van der Waals surface area contributed by atoms with E-state index >= 15 is 0 Å². The van der Waals surface area contributed by atoms with Crippen LogP contribution in [0.5, 0.6) is 0 Å². The predicted molar refractivity (Wildman–Crippen MR) is 120 cm³/mol. The van der Waals surface area contributed by atoms with Crippen LogP contribution in [0.15, 0.2) is 78.9 Å². The number of rotatable bonds is 5. The van der Waals surface area contributed by atoms with Gasteiger partial charge in [0, 0.05) is 0 Å². The van der Waals surface area contributed by atoms with E-state index in [1.807, 2.05) is 30.3 Å². The van der Waals surface area contributed by atoms with E-state index in [0.717, 1.165) is 5.56 Å². The highest BCUT2D eigenvalue weighted by atomic mass is 19.1. The van der Waals surface area contributed by atoms with Gasteiger partial charge in [-0.25, -0.2) is 9.07 Å². The van der Waals surface area contributed by atoms with Gasteiger partial charge in [0.25, 0.3) is 5.91 Å². The third-order valence-electron chi connectivity index (χ3n) is 5.04.